The van der Waals surface area contributed by atoms with E-state index in [1.807, 2.05) is 20.8 Å². The molecule has 0 unspecified atom stereocenters. The van der Waals surface area contributed by atoms with Crippen molar-refractivity contribution >= 4 is 23.4 Å². The van der Waals surface area contributed by atoms with Gasteiger partial charge in [0.2, 0.25) is 5.88 Å². The fraction of sp³-hybridized carbons (Fsp3) is 0.500. The molecule has 1 amide bonds. The van der Waals surface area contributed by atoms with Crippen molar-refractivity contribution in [3.8, 4) is 17.0 Å². The van der Waals surface area contributed by atoms with Gasteiger partial charge in [-0.25, -0.2) is 14.3 Å². The van der Waals surface area contributed by atoms with Crippen molar-refractivity contribution in [2.24, 2.45) is 20.0 Å². The number of ether oxygens (including phenoxy) is 3. The fourth-order valence-electron chi connectivity index (χ4n) is 5.37. The fourth-order valence-corrected chi connectivity index (χ4v) is 5.37. The Kier molecular flexibility index (Phi) is 10.4. The lowest BCUT2D eigenvalue weighted by atomic mass is 9.96. The number of nitro benzene ring substituents is 1. The van der Waals surface area contributed by atoms with E-state index < -0.39 is 17.7 Å². The number of carbonyl (C=O) groups is 2. The van der Waals surface area contributed by atoms with Gasteiger partial charge in [-0.05, 0) is 69.2 Å². The van der Waals surface area contributed by atoms with Gasteiger partial charge in [0.25, 0.3) is 11.2 Å². The number of rotatable bonds is 11. The number of amides is 1. The van der Waals surface area contributed by atoms with Crippen LogP contribution in [0.3, 0.4) is 0 Å². The molecule has 1 aromatic carbocycles. The number of carbonyl (C=O) groups excluding carboxylic acids is 2. The second-order valence-electron chi connectivity index (χ2n) is 12.5. The summed E-state index contributed by atoms with van der Waals surface area (Å²) in [5, 5.41) is 19.5. The van der Waals surface area contributed by atoms with Crippen LogP contribution in [0.1, 0.15) is 62.0 Å². The lowest BCUT2D eigenvalue weighted by molar-refractivity contribution is -0.384. The predicted octanol–water partition coefficient (Wildman–Crippen LogP) is 4.68. The average Bonchev–Trinajstić information content (AvgIpc) is 3.36. The number of pyridine rings is 1. The van der Waals surface area contributed by atoms with Crippen LogP contribution >= 0.6 is 0 Å². The van der Waals surface area contributed by atoms with E-state index in [9.17, 15) is 24.5 Å². The molecule has 0 aliphatic carbocycles. The maximum atomic E-state index is 12.9. The Balaban J connectivity index is 1.38. The molecule has 0 fully saturated rings. The summed E-state index contributed by atoms with van der Waals surface area (Å²) >= 11 is 0. The summed E-state index contributed by atoms with van der Waals surface area (Å²) < 4.78 is 19.2. The van der Waals surface area contributed by atoms with Crippen LogP contribution in [0.5, 0.6) is 5.88 Å². The van der Waals surface area contributed by atoms with Gasteiger partial charge in [-0.1, -0.05) is 6.92 Å². The van der Waals surface area contributed by atoms with Crippen molar-refractivity contribution in [2.45, 2.75) is 59.1 Å². The third-order valence-electron chi connectivity index (χ3n) is 7.72. The van der Waals surface area contributed by atoms with Gasteiger partial charge in [0.1, 0.15) is 11.3 Å². The number of esters is 1. The van der Waals surface area contributed by atoms with Crippen molar-refractivity contribution in [2.75, 3.05) is 32.1 Å². The minimum absolute atomic E-state index is 0.00569. The Morgan fingerprint density at radius 2 is 1.93 bits per heavy atom. The van der Waals surface area contributed by atoms with Crippen molar-refractivity contribution < 1.29 is 28.7 Å². The minimum Gasteiger partial charge on any atom is -0.477 e. The SMILES string of the molecule is COC(=O)c1cc(-c2cnn(C)c2OCCC[C@@H](C)CNc2c([N+](=O)[O-])ccc3c2CCN(C(=O)OC(C)(C)C)C3)c(=O)n(C)c1. The highest BCUT2D eigenvalue weighted by molar-refractivity contribution is 5.90. The molecule has 0 saturated carbocycles. The molecule has 2 aromatic heterocycles. The first-order valence-corrected chi connectivity index (χ1v) is 15.1. The molecule has 1 aliphatic rings. The maximum absolute atomic E-state index is 12.9. The zero-order chi connectivity index (χ0) is 33.8. The highest BCUT2D eigenvalue weighted by atomic mass is 16.6. The third kappa shape index (κ3) is 7.85. The lowest BCUT2D eigenvalue weighted by Crippen LogP contribution is -2.40. The number of aryl methyl sites for hydroxylation is 2. The molecule has 4 rings (SSSR count). The van der Waals surface area contributed by atoms with Gasteiger partial charge in [-0.15, -0.1) is 0 Å². The molecule has 0 saturated heterocycles. The Morgan fingerprint density at radius 1 is 1.20 bits per heavy atom. The second-order valence-corrected chi connectivity index (χ2v) is 12.5. The summed E-state index contributed by atoms with van der Waals surface area (Å²) in [6, 6.07) is 4.67. The molecule has 3 heterocycles. The normalized spacial score (nSPS) is 13.5. The second kappa shape index (κ2) is 14.0. The summed E-state index contributed by atoms with van der Waals surface area (Å²) in [4.78, 5) is 50.8. The Hall–Kier alpha value is -4.88. The van der Waals surface area contributed by atoms with Gasteiger partial charge >= 0.3 is 12.1 Å². The topological polar surface area (TPSA) is 160 Å². The molecule has 0 spiro atoms. The van der Waals surface area contributed by atoms with E-state index in [1.165, 1.54) is 40.9 Å². The van der Waals surface area contributed by atoms with Gasteiger partial charge < -0.3 is 29.0 Å². The minimum atomic E-state index is -0.614. The average molecular weight is 639 g/mol. The van der Waals surface area contributed by atoms with Gasteiger partial charge in [-0.3, -0.25) is 14.9 Å². The quantitative estimate of drug-likeness (QED) is 0.135. The molecule has 1 aliphatic heterocycles. The molecule has 0 radical (unpaired) electrons. The molecule has 1 N–H and O–H groups in total. The Bertz CT molecular complexity index is 1670. The monoisotopic (exact) mass is 638 g/mol. The first-order chi connectivity index (χ1) is 21.7. The number of hydrogen-bond acceptors (Lipinski definition) is 10. The number of nitrogens with zero attached hydrogens (tertiary/aromatic N) is 5. The number of nitrogens with one attached hydrogen (secondary N) is 1. The van der Waals surface area contributed by atoms with Crippen LogP contribution in [0.2, 0.25) is 0 Å². The summed E-state index contributed by atoms with van der Waals surface area (Å²) in [5.74, 6) is -0.0114. The number of hydrogen-bond donors (Lipinski definition) is 1. The van der Waals surface area contributed by atoms with Crippen LogP contribution in [-0.2, 0) is 36.5 Å². The summed E-state index contributed by atoms with van der Waals surface area (Å²) in [6.45, 7) is 9.06. The number of fused-ring (bicyclic) bond motifs is 1. The number of aromatic nitrogens is 3. The van der Waals surface area contributed by atoms with E-state index in [-0.39, 0.29) is 33.2 Å². The summed E-state index contributed by atoms with van der Waals surface area (Å²) in [7, 11) is 4.54. The predicted molar refractivity (Wildman–Crippen MR) is 171 cm³/mol. The van der Waals surface area contributed by atoms with Crippen LogP contribution in [0.15, 0.2) is 35.4 Å². The highest BCUT2D eigenvalue weighted by Gasteiger charge is 2.30. The Labute approximate surface area is 267 Å². The van der Waals surface area contributed by atoms with E-state index in [2.05, 4.69) is 17.3 Å². The van der Waals surface area contributed by atoms with Crippen LogP contribution in [0.25, 0.3) is 11.1 Å². The molecule has 3 aromatic rings. The van der Waals surface area contributed by atoms with E-state index in [0.717, 1.165) is 17.5 Å². The first-order valence-electron chi connectivity index (χ1n) is 15.1. The van der Waals surface area contributed by atoms with Gasteiger partial charge in [-0.2, -0.15) is 5.10 Å². The molecular weight excluding hydrogens is 596 g/mol. The number of methoxy groups -OCH3 is 1. The van der Waals surface area contributed by atoms with Crippen LogP contribution in [0.4, 0.5) is 16.2 Å². The van der Waals surface area contributed by atoms with Gasteiger partial charge in [0.05, 0.1) is 41.5 Å². The van der Waals surface area contributed by atoms with Crippen molar-refractivity contribution in [1.82, 2.24) is 19.2 Å². The molecule has 14 nitrogen and oxygen atoms in total. The number of benzene rings is 1. The molecular formula is C32H42N6O8. The summed E-state index contributed by atoms with van der Waals surface area (Å²) in [6.07, 6.45) is 4.45. The molecule has 46 heavy (non-hydrogen) atoms. The number of anilines is 1. The Morgan fingerprint density at radius 3 is 2.61 bits per heavy atom. The smallest absolute Gasteiger partial charge is 0.410 e. The van der Waals surface area contributed by atoms with E-state index >= 15 is 0 Å². The molecule has 1 atom stereocenters. The molecule has 14 heteroatoms. The van der Waals surface area contributed by atoms with Crippen LogP contribution in [-0.4, -0.2) is 68.6 Å². The van der Waals surface area contributed by atoms with E-state index in [4.69, 9.17) is 14.2 Å². The highest BCUT2D eigenvalue weighted by Crippen LogP contribution is 2.35. The number of nitro groups is 1. The van der Waals surface area contributed by atoms with Crippen molar-refractivity contribution in [3.05, 3.63) is 67.8 Å². The third-order valence-corrected chi connectivity index (χ3v) is 7.72. The van der Waals surface area contributed by atoms with E-state index in [0.29, 0.717) is 56.2 Å². The van der Waals surface area contributed by atoms with Gasteiger partial charge in [0.15, 0.2) is 0 Å². The van der Waals surface area contributed by atoms with Crippen molar-refractivity contribution in [1.29, 1.82) is 0 Å². The van der Waals surface area contributed by atoms with E-state index in [1.54, 1.807) is 25.1 Å². The zero-order valence-corrected chi connectivity index (χ0v) is 27.4. The zero-order valence-electron chi connectivity index (χ0n) is 27.4. The standard InChI is InChI=1S/C32H42N6O8/c1-20(9-8-14-45-29-25(17-34-36(29)6)24-15-22(30(40)44-7)18-35(5)28(24)39)16-33-27-23-12-13-37(31(41)46-32(2,3)4)19-21(23)10-11-26(27)38(42)43/h10-11,15,17-18,20,33H,8-9,12-14,16,19H2,1-7H3/t20-/m1/s1. The lowest BCUT2D eigenvalue weighted by Gasteiger charge is -2.32. The van der Waals surface area contributed by atoms with Crippen LogP contribution in [0, 0.1) is 16.0 Å². The maximum Gasteiger partial charge on any atom is 0.410 e. The van der Waals surface area contributed by atoms with Crippen molar-refractivity contribution in [3.63, 3.8) is 0 Å². The molecule has 248 valence electrons. The largest absolute Gasteiger partial charge is 0.477 e. The van der Waals surface area contributed by atoms with Gasteiger partial charge in [0, 0.05) is 46.0 Å². The summed E-state index contributed by atoms with van der Waals surface area (Å²) in [5.41, 5.74) is 2.24. The first kappa shape index (κ1) is 34.0. The van der Waals surface area contributed by atoms with Crippen LogP contribution < -0.4 is 15.6 Å². The molecule has 0 bridgehead atoms.